The lowest BCUT2D eigenvalue weighted by atomic mass is 10.1. The van der Waals surface area contributed by atoms with Gasteiger partial charge in [-0.2, -0.15) is 0 Å². The van der Waals surface area contributed by atoms with Crippen molar-refractivity contribution in [1.29, 1.82) is 0 Å². The average molecular weight is 439 g/mol. The standard InChI is InChI=1S/C19H25N3O.HI/c1-14-9-10-17(12-15(14)2)22-19(20)21-11-5-7-16-6-4-8-18(13-16)23-3;/h4,6,8-10,12-13H,5,7,11H2,1-3H3,(H3,20,21,22);1H. The second kappa shape index (κ2) is 10.2. The molecule has 0 aromatic heterocycles. The van der Waals surface area contributed by atoms with Gasteiger partial charge >= 0.3 is 0 Å². The van der Waals surface area contributed by atoms with Gasteiger partial charge in [-0.25, -0.2) is 0 Å². The third-order valence-electron chi connectivity index (χ3n) is 3.82. The Morgan fingerprint density at radius 1 is 1.12 bits per heavy atom. The molecule has 0 saturated heterocycles. The van der Waals surface area contributed by atoms with Gasteiger partial charge in [0.25, 0.3) is 0 Å². The molecule has 0 atom stereocenters. The Bertz CT molecular complexity index is 686. The number of aliphatic imine (C=N–C) groups is 1. The highest BCUT2D eigenvalue weighted by Gasteiger charge is 1.99. The maximum Gasteiger partial charge on any atom is 0.193 e. The van der Waals surface area contributed by atoms with Crippen LogP contribution >= 0.6 is 24.0 Å². The Morgan fingerprint density at radius 2 is 1.92 bits per heavy atom. The number of methoxy groups -OCH3 is 1. The molecule has 3 N–H and O–H groups in total. The Balaban J connectivity index is 0.00000288. The molecular weight excluding hydrogens is 413 g/mol. The second-order valence-electron chi connectivity index (χ2n) is 5.65. The number of hydrogen-bond donors (Lipinski definition) is 2. The van der Waals surface area contributed by atoms with Gasteiger partial charge in [0.15, 0.2) is 5.96 Å². The number of aryl methyl sites for hydroxylation is 3. The summed E-state index contributed by atoms with van der Waals surface area (Å²) in [7, 11) is 1.68. The molecule has 0 aliphatic rings. The van der Waals surface area contributed by atoms with Crippen LogP contribution in [0.1, 0.15) is 23.1 Å². The van der Waals surface area contributed by atoms with E-state index in [1.807, 2.05) is 18.2 Å². The Labute approximate surface area is 161 Å². The molecule has 0 bridgehead atoms. The van der Waals surface area contributed by atoms with E-state index in [9.17, 15) is 0 Å². The van der Waals surface area contributed by atoms with Crippen LogP contribution in [0.15, 0.2) is 47.5 Å². The number of nitrogens with two attached hydrogens (primary N) is 1. The molecule has 0 aliphatic heterocycles. The SMILES string of the molecule is COc1cccc(CCCN=C(N)Nc2ccc(C)c(C)c2)c1.I. The molecule has 5 heteroatoms. The molecule has 24 heavy (non-hydrogen) atoms. The van der Waals surface area contributed by atoms with E-state index >= 15 is 0 Å². The number of halogens is 1. The van der Waals surface area contributed by atoms with E-state index in [0.29, 0.717) is 12.5 Å². The van der Waals surface area contributed by atoms with Crippen molar-refractivity contribution in [2.75, 3.05) is 19.0 Å². The largest absolute Gasteiger partial charge is 0.497 e. The number of benzene rings is 2. The molecule has 0 aliphatic carbocycles. The monoisotopic (exact) mass is 439 g/mol. The number of nitrogens with one attached hydrogen (secondary N) is 1. The summed E-state index contributed by atoms with van der Waals surface area (Å²) >= 11 is 0. The van der Waals surface area contributed by atoms with Gasteiger partial charge in [-0.3, -0.25) is 4.99 Å². The predicted molar refractivity (Wildman–Crippen MR) is 113 cm³/mol. The maximum atomic E-state index is 5.94. The van der Waals surface area contributed by atoms with Crippen LogP contribution in [-0.2, 0) is 6.42 Å². The minimum Gasteiger partial charge on any atom is -0.497 e. The van der Waals surface area contributed by atoms with Gasteiger partial charge in [0.05, 0.1) is 7.11 Å². The average Bonchev–Trinajstić information content (AvgIpc) is 2.55. The van der Waals surface area contributed by atoms with Crippen LogP contribution in [-0.4, -0.2) is 19.6 Å². The first-order chi connectivity index (χ1) is 11.1. The smallest absolute Gasteiger partial charge is 0.193 e. The number of hydrogen-bond acceptors (Lipinski definition) is 2. The first-order valence-electron chi connectivity index (χ1n) is 7.85. The number of ether oxygens (including phenoxy) is 1. The van der Waals surface area contributed by atoms with Crippen molar-refractivity contribution in [3.05, 3.63) is 59.2 Å². The number of nitrogens with zero attached hydrogens (tertiary/aromatic N) is 1. The summed E-state index contributed by atoms with van der Waals surface area (Å²) in [6, 6.07) is 14.3. The van der Waals surface area contributed by atoms with Gasteiger partial charge < -0.3 is 15.8 Å². The van der Waals surface area contributed by atoms with E-state index in [0.717, 1.165) is 24.3 Å². The summed E-state index contributed by atoms with van der Waals surface area (Å²) in [5.74, 6) is 1.35. The van der Waals surface area contributed by atoms with Crippen LogP contribution in [0.25, 0.3) is 0 Å². The van der Waals surface area contributed by atoms with Crippen molar-refractivity contribution >= 4 is 35.6 Å². The van der Waals surface area contributed by atoms with Crippen molar-refractivity contribution < 1.29 is 4.74 Å². The van der Waals surface area contributed by atoms with Crippen molar-refractivity contribution in [2.45, 2.75) is 26.7 Å². The van der Waals surface area contributed by atoms with Gasteiger partial charge in [0.2, 0.25) is 0 Å². The molecule has 0 saturated carbocycles. The topological polar surface area (TPSA) is 59.6 Å². The molecule has 130 valence electrons. The molecule has 2 rings (SSSR count). The summed E-state index contributed by atoms with van der Waals surface area (Å²) in [6.07, 6.45) is 1.90. The molecule has 0 spiro atoms. The molecular formula is C19H26IN3O. The molecule has 0 radical (unpaired) electrons. The summed E-state index contributed by atoms with van der Waals surface area (Å²) < 4.78 is 5.23. The second-order valence-corrected chi connectivity index (χ2v) is 5.65. The number of guanidine groups is 1. The Morgan fingerprint density at radius 3 is 2.62 bits per heavy atom. The maximum absolute atomic E-state index is 5.94. The minimum absolute atomic E-state index is 0. The van der Waals surface area contributed by atoms with Gasteiger partial charge in [-0.05, 0) is 67.6 Å². The lowest BCUT2D eigenvalue weighted by Crippen LogP contribution is -2.23. The van der Waals surface area contributed by atoms with E-state index in [1.165, 1.54) is 16.7 Å². The summed E-state index contributed by atoms with van der Waals surface area (Å²) in [5, 5.41) is 3.13. The van der Waals surface area contributed by atoms with Crippen LogP contribution < -0.4 is 15.8 Å². The lowest BCUT2D eigenvalue weighted by molar-refractivity contribution is 0.414. The molecule has 0 heterocycles. The van der Waals surface area contributed by atoms with Crippen LogP contribution in [0, 0.1) is 13.8 Å². The molecule has 0 unspecified atom stereocenters. The van der Waals surface area contributed by atoms with Crippen molar-refractivity contribution in [3.8, 4) is 5.75 Å². The summed E-state index contributed by atoms with van der Waals surface area (Å²) in [4.78, 5) is 4.38. The van der Waals surface area contributed by atoms with E-state index in [4.69, 9.17) is 10.5 Å². The minimum atomic E-state index is 0. The summed E-state index contributed by atoms with van der Waals surface area (Å²) in [5.41, 5.74) is 10.7. The van der Waals surface area contributed by atoms with Crippen LogP contribution in [0.4, 0.5) is 5.69 Å². The molecule has 2 aromatic rings. The fraction of sp³-hybridized carbons (Fsp3) is 0.316. The Kier molecular flexibility index (Phi) is 8.60. The Hall–Kier alpha value is -1.76. The van der Waals surface area contributed by atoms with E-state index < -0.39 is 0 Å². The van der Waals surface area contributed by atoms with Crippen molar-refractivity contribution in [1.82, 2.24) is 0 Å². The predicted octanol–water partition coefficient (Wildman–Crippen LogP) is 4.29. The number of rotatable bonds is 6. The third kappa shape index (κ3) is 6.39. The van der Waals surface area contributed by atoms with Gasteiger partial charge in [-0.15, -0.1) is 24.0 Å². The first kappa shape index (κ1) is 20.3. The highest BCUT2D eigenvalue weighted by atomic mass is 127. The van der Waals surface area contributed by atoms with Crippen molar-refractivity contribution in [3.63, 3.8) is 0 Å². The molecule has 4 nitrogen and oxygen atoms in total. The van der Waals surface area contributed by atoms with E-state index in [-0.39, 0.29) is 24.0 Å². The molecule has 2 aromatic carbocycles. The van der Waals surface area contributed by atoms with Gasteiger partial charge in [-0.1, -0.05) is 18.2 Å². The van der Waals surface area contributed by atoms with E-state index in [1.54, 1.807) is 7.11 Å². The summed E-state index contributed by atoms with van der Waals surface area (Å²) in [6.45, 7) is 4.87. The molecule has 0 amide bonds. The zero-order chi connectivity index (χ0) is 16.7. The quantitative estimate of drug-likeness (QED) is 0.306. The lowest BCUT2D eigenvalue weighted by Gasteiger charge is -2.08. The highest BCUT2D eigenvalue weighted by molar-refractivity contribution is 14.0. The van der Waals surface area contributed by atoms with Crippen molar-refractivity contribution in [2.24, 2.45) is 10.7 Å². The van der Waals surface area contributed by atoms with Crippen LogP contribution in [0.2, 0.25) is 0 Å². The van der Waals surface area contributed by atoms with Crippen LogP contribution in [0.3, 0.4) is 0 Å². The van der Waals surface area contributed by atoms with Gasteiger partial charge in [0.1, 0.15) is 5.75 Å². The van der Waals surface area contributed by atoms with Crippen LogP contribution in [0.5, 0.6) is 5.75 Å². The fourth-order valence-electron chi connectivity index (χ4n) is 2.32. The first-order valence-corrected chi connectivity index (χ1v) is 7.85. The van der Waals surface area contributed by atoms with Gasteiger partial charge in [0, 0.05) is 12.2 Å². The number of anilines is 1. The molecule has 0 fully saturated rings. The normalized spacial score (nSPS) is 10.9. The third-order valence-corrected chi connectivity index (χ3v) is 3.82. The van der Waals surface area contributed by atoms with E-state index in [2.05, 4.69) is 48.4 Å². The highest BCUT2D eigenvalue weighted by Crippen LogP contribution is 2.15. The zero-order valence-electron chi connectivity index (χ0n) is 14.5. The fourth-order valence-corrected chi connectivity index (χ4v) is 2.32. The zero-order valence-corrected chi connectivity index (χ0v) is 16.8.